The molecule has 1 fully saturated rings. The van der Waals surface area contributed by atoms with Gasteiger partial charge in [0, 0.05) is 31.1 Å². The lowest BCUT2D eigenvalue weighted by Crippen LogP contribution is -2.29. The zero-order valence-electron chi connectivity index (χ0n) is 13.1. The summed E-state index contributed by atoms with van der Waals surface area (Å²) < 4.78 is 10.7. The first-order valence-electron chi connectivity index (χ1n) is 8.17. The Hall–Kier alpha value is -2.49. The van der Waals surface area contributed by atoms with E-state index < -0.39 is 0 Å². The van der Waals surface area contributed by atoms with Crippen molar-refractivity contribution in [3.63, 3.8) is 0 Å². The van der Waals surface area contributed by atoms with Crippen LogP contribution < -0.4 is 14.4 Å². The molecule has 0 unspecified atom stereocenters. The standard InChI is InChI=1S/C19H20N2O2/c1-2-10-21(11-3-1)17-7-4-15(5-8-17)13-20-16-6-9-18-19(12-16)23-14-22-18/h4-9,12-13H,1-3,10-11,14H2. The van der Waals surface area contributed by atoms with E-state index in [4.69, 9.17) is 9.47 Å². The molecule has 1 saturated heterocycles. The van der Waals surface area contributed by atoms with E-state index in [2.05, 4.69) is 34.2 Å². The predicted molar refractivity (Wildman–Crippen MR) is 92.3 cm³/mol. The summed E-state index contributed by atoms with van der Waals surface area (Å²) in [4.78, 5) is 6.98. The van der Waals surface area contributed by atoms with Crippen molar-refractivity contribution in [2.45, 2.75) is 19.3 Å². The van der Waals surface area contributed by atoms with Crippen molar-refractivity contribution in [1.29, 1.82) is 0 Å². The number of rotatable bonds is 3. The van der Waals surface area contributed by atoms with Crippen molar-refractivity contribution in [1.82, 2.24) is 0 Å². The van der Waals surface area contributed by atoms with Gasteiger partial charge in [0.05, 0.1) is 5.69 Å². The third-order valence-corrected chi connectivity index (χ3v) is 4.33. The van der Waals surface area contributed by atoms with E-state index in [0.29, 0.717) is 6.79 Å². The molecular weight excluding hydrogens is 288 g/mol. The molecule has 2 aliphatic heterocycles. The molecule has 0 aliphatic carbocycles. The summed E-state index contributed by atoms with van der Waals surface area (Å²) in [6.07, 6.45) is 5.84. The Balaban J connectivity index is 1.46. The molecule has 23 heavy (non-hydrogen) atoms. The molecule has 0 bridgehead atoms. The van der Waals surface area contributed by atoms with E-state index in [9.17, 15) is 0 Å². The largest absolute Gasteiger partial charge is 0.454 e. The normalized spacial score (nSPS) is 17.0. The van der Waals surface area contributed by atoms with Crippen LogP contribution in [-0.2, 0) is 0 Å². The Morgan fingerprint density at radius 1 is 0.870 bits per heavy atom. The summed E-state index contributed by atoms with van der Waals surface area (Å²) in [7, 11) is 0. The Labute approximate surface area is 136 Å². The van der Waals surface area contributed by atoms with Gasteiger partial charge in [0.2, 0.25) is 6.79 Å². The molecule has 4 heteroatoms. The molecular formula is C19H20N2O2. The minimum atomic E-state index is 0.292. The smallest absolute Gasteiger partial charge is 0.231 e. The number of anilines is 1. The van der Waals surface area contributed by atoms with Crippen LogP contribution in [0.5, 0.6) is 11.5 Å². The molecule has 0 spiro atoms. The second-order valence-electron chi connectivity index (χ2n) is 5.94. The fourth-order valence-corrected chi connectivity index (χ4v) is 3.04. The van der Waals surface area contributed by atoms with Crippen LogP contribution in [0.25, 0.3) is 0 Å². The zero-order chi connectivity index (χ0) is 15.5. The van der Waals surface area contributed by atoms with Crippen molar-refractivity contribution >= 4 is 17.6 Å². The van der Waals surface area contributed by atoms with E-state index in [1.807, 2.05) is 24.4 Å². The highest BCUT2D eigenvalue weighted by atomic mass is 16.7. The zero-order valence-corrected chi connectivity index (χ0v) is 13.1. The second kappa shape index (κ2) is 6.32. The Morgan fingerprint density at radius 3 is 2.48 bits per heavy atom. The topological polar surface area (TPSA) is 34.1 Å². The third kappa shape index (κ3) is 3.16. The van der Waals surface area contributed by atoms with Gasteiger partial charge in [-0.25, -0.2) is 0 Å². The third-order valence-electron chi connectivity index (χ3n) is 4.33. The van der Waals surface area contributed by atoms with Gasteiger partial charge >= 0.3 is 0 Å². The van der Waals surface area contributed by atoms with E-state index in [0.717, 1.165) is 22.7 Å². The highest BCUT2D eigenvalue weighted by Gasteiger charge is 2.13. The monoisotopic (exact) mass is 308 g/mol. The molecule has 118 valence electrons. The molecule has 0 atom stereocenters. The van der Waals surface area contributed by atoms with Gasteiger partial charge in [-0.2, -0.15) is 0 Å². The SMILES string of the molecule is C(=Nc1ccc2c(c1)OCO2)c1ccc(N2CCCCC2)cc1. The number of nitrogens with zero attached hydrogens (tertiary/aromatic N) is 2. The fraction of sp³-hybridized carbons (Fsp3) is 0.316. The summed E-state index contributed by atoms with van der Waals surface area (Å²) in [6.45, 7) is 2.63. The van der Waals surface area contributed by atoms with Gasteiger partial charge in [-0.3, -0.25) is 4.99 Å². The highest BCUT2D eigenvalue weighted by Crippen LogP contribution is 2.35. The van der Waals surface area contributed by atoms with Crippen LogP contribution in [0.2, 0.25) is 0 Å². The van der Waals surface area contributed by atoms with E-state index in [1.165, 1.54) is 38.0 Å². The molecule has 2 aromatic rings. The maximum atomic E-state index is 5.37. The summed E-state index contributed by atoms with van der Waals surface area (Å²) in [5.41, 5.74) is 3.28. The maximum absolute atomic E-state index is 5.37. The van der Waals surface area contributed by atoms with Crippen molar-refractivity contribution < 1.29 is 9.47 Å². The molecule has 0 radical (unpaired) electrons. The van der Waals surface area contributed by atoms with Crippen LogP contribution in [-0.4, -0.2) is 26.1 Å². The van der Waals surface area contributed by atoms with Crippen LogP contribution in [0.15, 0.2) is 47.5 Å². The molecule has 0 N–H and O–H groups in total. The van der Waals surface area contributed by atoms with E-state index in [-0.39, 0.29) is 0 Å². The number of ether oxygens (including phenoxy) is 2. The van der Waals surface area contributed by atoms with Gasteiger partial charge in [0.15, 0.2) is 11.5 Å². The molecule has 0 aromatic heterocycles. The molecule has 0 amide bonds. The molecule has 2 aromatic carbocycles. The lowest BCUT2D eigenvalue weighted by molar-refractivity contribution is 0.174. The number of benzene rings is 2. The number of hydrogen-bond acceptors (Lipinski definition) is 4. The van der Waals surface area contributed by atoms with Crippen molar-refractivity contribution in [3.8, 4) is 11.5 Å². The summed E-state index contributed by atoms with van der Waals surface area (Å²) in [6, 6.07) is 14.4. The lowest BCUT2D eigenvalue weighted by atomic mass is 10.1. The minimum Gasteiger partial charge on any atom is -0.454 e. The first kappa shape index (κ1) is 14.1. The summed E-state index contributed by atoms with van der Waals surface area (Å²) in [5.74, 6) is 1.55. The summed E-state index contributed by atoms with van der Waals surface area (Å²) >= 11 is 0. The van der Waals surface area contributed by atoms with Crippen LogP contribution in [0.1, 0.15) is 24.8 Å². The molecule has 2 aliphatic rings. The van der Waals surface area contributed by atoms with Gasteiger partial charge < -0.3 is 14.4 Å². The Morgan fingerprint density at radius 2 is 1.65 bits per heavy atom. The van der Waals surface area contributed by atoms with Crippen molar-refractivity contribution in [2.75, 3.05) is 24.8 Å². The fourth-order valence-electron chi connectivity index (χ4n) is 3.04. The quantitative estimate of drug-likeness (QED) is 0.799. The van der Waals surface area contributed by atoms with Gasteiger partial charge in [0.1, 0.15) is 0 Å². The molecule has 2 heterocycles. The lowest BCUT2D eigenvalue weighted by Gasteiger charge is -2.28. The van der Waals surface area contributed by atoms with Crippen molar-refractivity contribution in [2.24, 2.45) is 4.99 Å². The Kier molecular flexibility index (Phi) is 3.88. The van der Waals surface area contributed by atoms with E-state index >= 15 is 0 Å². The van der Waals surface area contributed by atoms with Crippen molar-refractivity contribution in [3.05, 3.63) is 48.0 Å². The average molecular weight is 308 g/mol. The van der Waals surface area contributed by atoms with Gasteiger partial charge in [-0.15, -0.1) is 0 Å². The average Bonchev–Trinajstić information content (AvgIpc) is 3.09. The number of hydrogen-bond donors (Lipinski definition) is 0. The first-order chi connectivity index (χ1) is 11.4. The van der Waals surface area contributed by atoms with Crippen LogP contribution in [0, 0.1) is 0 Å². The highest BCUT2D eigenvalue weighted by molar-refractivity contribution is 5.82. The summed E-state index contributed by atoms with van der Waals surface area (Å²) in [5, 5.41) is 0. The number of fused-ring (bicyclic) bond motifs is 1. The second-order valence-corrected chi connectivity index (χ2v) is 5.94. The van der Waals surface area contributed by atoms with Crippen LogP contribution >= 0.6 is 0 Å². The number of aliphatic imine (C=N–C) groups is 1. The predicted octanol–water partition coefficient (Wildman–Crippen LogP) is 4.16. The van der Waals surface area contributed by atoms with Gasteiger partial charge in [0.25, 0.3) is 0 Å². The maximum Gasteiger partial charge on any atom is 0.231 e. The van der Waals surface area contributed by atoms with Crippen LogP contribution in [0.4, 0.5) is 11.4 Å². The van der Waals surface area contributed by atoms with Gasteiger partial charge in [-0.1, -0.05) is 12.1 Å². The van der Waals surface area contributed by atoms with Gasteiger partial charge in [-0.05, 0) is 49.1 Å². The molecule has 4 nitrogen and oxygen atoms in total. The molecule has 0 saturated carbocycles. The van der Waals surface area contributed by atoms with E-state index in [1.54, 1.807) is 0 Å². The molecule has 4 rings (SSSR count). The Bertz CT molecular complexity index is 704. The number of piperidine rings is 1. The minimum absolute atomic E-state index is 0.292. The first-order valence-corrected chi connectivity index (χ1v) is 8.17. The van der Waals surface area contributed by atoms with Crippen LogP contribution in [0.3, 0.4) is 0 Å².